The molecule has 0 rings (SSSR count). The largest absolute Gasteiger partial charge is 1.00 e. The minimum atomic E-state index is -0.0544. The number of ketones is 1. The second-order valence-electron chi connectivity index (χ2n) is 3.47. The molecule has 0 aromatic carbocycles. The highest BCUT2D eigenvalue weighted by molar-refractivity contribution is 6.17. The fraction of sp³-hybridized carbons (Fsp3) is 0.667. The SMILES string of the molecule is C=CC(=O)C(C)[N+](C)(C)CCCl.[Cl-]. The molecule has 0 aliphatic heterocycles. The van der Waals surface area contributed by atoms with Gasteiger partial charge >= 0.3 is 0 Å². The molecule has 78 valence electrons. The van der Waals surface area contributed by atoms with E-state index >= 15 is 0 Å². The summed E-state index contributed by atoms with van der Waals surface area (Å²) in [5.74, 6) is 0.645. The number of rotatable bonds is 5. The third kappa shape index (κ3) is 4.65. The summed E-state index contributed by atoms with van der Waals surface area (Å²) in [4.78, 5) is 11.3. The van der Waals surface area contributed by atoms with E-state index in [4.69, 9.17) is 11.6 Å². The maximum atomic E-state index is 11.3. The van der Waals surface area contributed by atoms with Crippen LogP contribution in [-0.4, -0.2) is 42.8 Å². The molecule has 0 bridgehead atoms. The van der Waals surface area contributed by atoms with E-state index in [1.165, 1.54) is 6.08 Å². The Kier molecular flexibility index (Phi) is 7.61. The van der Waals surface area contributed by atoms with E-state index in [2.05, 4.69) is 6.58 Å². The summed E-state index contributed by atoms with van der Waals surface area (Å²) in [7, 11) is 3.99. The summed E-state index contributed by atoms with van der Waals surface area (Å²) >= 11 is 5.63. The van der Waals surface area contributed by atoms with Crippen LogP contribution in [0.2, 0.25) is 0 Å². The van der Waals surface area contributed by atoms with Gasteiger partial charge in [-0.1, -0.05) is 6.58 Å². The molecule has 0 radical (unpaired) electrons. The first-order valence-corrected chi connectivity index (χ1v) is 4.54. The van der Waals surface area contributed by atoms with Crippen LogP contribution in [0.5, 0.6) is 0 Å². The lowest BCUT2D eigenvalue weighted by Gasteiger charge is -2.33. The molecule has 0 aliphatic carbocycles. The van der Waals surface area contributed by atoms with Gasteiger partial charge in [0, 0.05) is 0 Å². The first kappa shape index (κ1) is 15.4. The van der Waals surface area contributed by atoms with Gasteiger partial charge in [0.25, 0.3) is 0 Å². The maximum absolute atomic E-state index is 11.3. The molecule has 0 heterocycles. The number of likely N-dealkylation sites (N-methyl/N-ethyl adjacent to an activating group) is 1. The number of quaternary nitrogens is 1. The Bertz CT molecular complexity index is 180. The van der Waals surface area contributed by atoms with Crippen LogP contribution in [0.4, 0.5) is 0 Å². The van der Waals surface area contributed by atoms with Crippen molar-refractivity contribution in [2.24, 2.45) is 0 Å². The van der Waals surface area contributed by atoms with Crippen molar-refractivity contribution in [2.45, 2.75) is 13.0 Å². The number of nitrogens with zero attached hydrogens (tertiary/aromatic N) is 1. The van der Waals surface area contributed by atoms with Gasteiger partial charge in [0.1, 0.15) is 6.04 Å². The van der Waals surface area contributed by atoms with Gasteiger partial charge in [0.15, 0.2) is 0 Å². The molecule has 0 amide bonds. The average Bonchev–Trinajstić information content (AvgIpc) is 2.01. The highest BCUT2D eigenvalue weighted by atomic mass is 35.5. The molecule has 2 nitrogen and oxygen atoms in total. The Balaban J connectivity index is 0. The van der Waals surface area contributed by atoms with Crippen LogP contribution in [0.15, 0.2) is 12.7 Å². The predicted molar refractivity (Wildman–Crippen MR) is 52.4 cm³/mol. The van der Waals surface area contributed by atoms with Crippen molar-refractivity contribution >= 4 is 17.4 Å². The molecular weight excluding hydrogens is 209 g/mol. The van der Waals surface area contributed by atoms with E-state index in [1.54, 1.807) is 0 Å². The van der Waals surface area contributed by atoms with Gasteiger partial charge in [0.05, 0.1) is 26.5 Å². The summed E-state index contributed by atoms with van der Waals surface area (Å²) in [5, 5.41) is 0. The Morgan fingerprint density at radius 1 is 1.62 bits per heavy atom. The molecule has 4 heteroatoms. The zero-order valence-electron chi connectivity index (χ0n) is 8.39. The minimum absolute atomic E-state index is 0. The number of halogens is 2. The summed E-state index contributed by atoms with van der Waals surface area (Å²) in [6, 6.07) is -0.0544. The van der Waals surface area contributed by atoms with Crippen LogP contribution in [0.1, 0.15) is 6.92 Å². The van der Waals surface area contributed by atoms with E-state index in [9.17, 15) is 4.79 Å². The van der Waals surface area contributed by atoms with Crippen molar-refractivity contribution in [2.75, 3.05) is 26.5 Å². The Hall–Kier alpha value is -0.0500. The van der Waals surface area contributed by atoms with Crippen LogP contribution in [0.3, 0.4) is 0 Å². The van der Waals surface area contributed by atoms with Crippen molar-refractivity contribution in [1.82, 2.24) is 0 Å². The summed E-state index contributed by atoms with van der Waals surface area (Å²) in [6.45, 7) is 6.16. The summed E-state index contributed by atoms with van der Waals surface area (Å²) in [5.41, 5.74) is 0. The van der Waals surface area contributed by atoms with E-state index in [0.29, 0.717) is 10.4 Å². The Labute approximate surface area is 91.6 Å². The second kappa shape index (κ2) is 6.41. The van der Waals surface area contributed by atoms with Crippen LogP contribution in [0.25, 0.3) is 0 Å². The van der Waals surface area contributed by atoms with Crippen LogP contribution >= 0.6 is 11.6 Å². The van der Waals surface area contributed by atoms with Gasteiger partial charge in [-0.15, -0.1) is 11.6 Å². The Morgan fingerprint density at radius 2 is 2.08 bits per heavy atom. The molecular formula is C9H17Cl2NO. The molecule has 0 aromatic heterocycles. The van der Waals surface area contributed by atoms with Gasteiger partial charge in [-0.3, -0.25) is 4.79 Å². The highest BCUT2D eigenvalue weighted by Gasteiger charge is 2.27. The van der Waals surface area contributed by atoms with E-state index < -0.39 is 0 Å². The normalized spacial score (nSPS) is 12.9. The summed E-state index contributed by atoms with van der Waals surface area (Å²) < 4.78 is 0.619. The molecule has 0 aliphatic rings. The number of carbonyl (C=O) groups excluding carboxylic acids is 1. The zero-order valence-corrected chi connectivity index (χ0v) is 9.90. The van der Waals surface area contributed by atoms with Gasteiger partial charge in [0.2, 0.25) is 5.78 Å². The molecule has 0 fully saturated rings. The molecule has 1 unspecified atom stereocenters. The standard InChI is InChI=1S/C9H17ClNO.ClH/c1-5-9(12)8(2)11(3,4)7-6-10;/h5,8H,1,6-7H2,2-4H3;1H/q+1;/p-1. The molecule has 0 spiro atoms. The first-order valence-electron chi connectivity index (χ1n) is 4.00. The molecule has 1 atom stereocenters. The van der Waals surface area contributed by atoms with Crippen LogP contribution in [-0.2, 0) is 4.79 Å². The van der Waals surface area contributed by atoms with Crippen molar-refractivity contribution in [3.8, 4) is 0 Å². The first-order chi connectivity index (χ1) is 5.45. The predicted octanol–water partition coefficient (Wildman–Crippen LogP) is -1.55. The van der Waals surface area contributed by atoms with Crippen LogP contribution in [0, 0.1) is 0 Å². The lowest BCUT2D eigenvalue weighted by Crippen LogP contribution is -3.00. The van der Waals surface area contributed by atoms with Crippen molar-refractivity contribution in [3.63, 3.8) is 0 Å². The Morgan fingerprint density at radius 3 is 2.38 bits per heavy atom. The van der Waals surface area contributed by atoms with E-state index in [-0.39, 0.29) is 24.2 Å². The number of alkyl halides is 1. The topological polar surface area (TPSA) is 17.1 Å². The molecule has 0 saturated heterocycles. The van der Waals surface area contributed by atoms with Gasteiger partial charge in [-0.25, -0.2) is 0 Å². The van der Waals surface area contributed by atoms with Gasteiger partial charge < -0.3 is 16.9 Å². The second-order valence-corrected chi connectivity index (χ2v) is 3.85. The van der Waals surface area contributed by atoms with Crippen molar-refractivity contribution in [1.29, 1.82) is 0 Å². The monoisotopic (exact) mass is 225 g/mol. The smallest absolute Gasteiger partial charge is 0.211 e. The molecule has 0 saturated carbocycles. The number of hydrogen-bond donors (Lipinski definition) is 0. The van der Waals surface area contributed by atoms with E-state index in [1.807, 2.05) is 21.0 Å². The lowest BCUT2D eigenvalue weighted by molar-refractivity contribution is -0.901. The third-order valence-electron chi connectivity index (χ3n) is 2.32. The quantitative estimate of drug-likeness (QED) is 0.315. The highest BCUT2D eigenvalue weighted by Crippen LogP contribution is 2.08. The lowest BCUT2D eigenvalue weighted by atomic mass is 10.1. The molecule has 13 heavy (non-hydrogen) atoms. The number of carbonyl (C=O) groups is 1. The zero-order chi connectivity index (χ0) is 9.78. The van der Waals surface area contributed by atoms with Gasteiger partial charge in [-0.05, 0) is 13.0 Å². The third-order valence-corrected chi connectivity index (χ3v) is 2.49. The van der Waals surface area contributed by atoms with Gasteiger partial charge in [-0.2, -0.15) is 0 Å². The van der Waals surface area contributed by atoms with E-state index in [0.717, 1.165) is 6.54 Å². The van der Waals surface area contributed by atoms with Crippen molar-refractivity contribution < 1.29 is 21.7 Å². The number of hydrogen-bond acceptors (Lipinski definition) is 1. The average molecular weight is 226 g/mol. The summed E-state index contributed by atoms with van der Waals surface area (Å²) in [6.07, 6.45) is 1.37. The van der Waals surface area contributed by atoms with Crippen molar-refractivity contribution in [3.05, 3.63) is 12.7 Å². The molecule has 0 N–H and O–H groups in total. The molecule has 0 aromatic rings. The fourth-order valence-electron chi connectivity index (χ4n) is 0.926. The fourth-order valence-corrected chi connectivity index (χ4v) is 1.36. The maximum Gasteiger partial charge on any atom is 0.211 e. The minimum Gasteiger partial charge on any atom is -1.00 e. The van der Waals surface area contributed by atoms with Crippen LogP contribution < -0.4 is 12.4 Å².